The van der Waals surface area contributed by atoms with Crippen molar-refractivity contribution < 1.29 is 38.4 Å². The number of nitrogens with zero attached hydrogens (tertiary/aromatic N) is 3. The zero-order valence-corrected chi connectivity index (χ0v) is 34.7. The van der Waals surface area contributed by atoms with Crippen molar-refractivity contribution >= 4 is 34.5 Å². The monoisotopic (exact) mass is 792 g/mol. The van der Waals surface area contributed by atoms with E-state index in [1.807, 2.05) is 37.1 Å². The molecule has 1 aromatic heterocycles. The zero-order valence-electron chi connectivity index (χ0n) is 34.7. The first-order chi connectivity index (χ1) is 27.9. The van der Waals surface area contributed by atoms with Gasteiger partial charge in [0.25, 0.3) is 0 Å². The Kier molecular flexibility index (Phi) is 9.18. The van der Waals surface area contributed by atoms with Crippen LogP contribution < -0.4 is 9.64 Å². The zero-order chi connectivity index (χ0) is 40.9. The third-order valence-electron chi connectivity index (χ3n) is 15.1. The molecule has 1 saturated carbocycles. The van der Waals surface area contributed by atoms with Crippen LogP contribution in [0.2, 0.25) is 0 Å². The number of aromatic amines is 1. The number of carbonyl (C=O) groups excluding carboxylic acids is 3. The van der Waals surface area contributed by atoms with Gasteiger partial charge in [0.2, 0.25) is 5.60 Å². The summed E-state index contributed by atoms with van der Waals surface area (Å²) < 4.78 is 24.0. The fourth-order valence-electron chi connectivity index (χ4n) is 13.0. The predicted molar refractivity (Wildman–Crippen MR) is 219 cm³/mol. The number of methoxy groups -OCH3 is 3. The van der Waals surface area contributed by atoms with E-state index in [0.717, 1.165) is 65.9 Å². The van der Waals surface area contributed by atoms with Crippen LogP contribution in [0, 0.1) is 11.3 Å². The van der Waals surface area contributed by atoms with Gasteiger partial charge in [0.15, 0.2) is 6.10 Å². The number of aromatic nitrogens is 1. The fourth-order valence-corrected chi connectivity index (χ4v) is 13.0. The van der Waals surface area contributed by atoms with Crippen LogP contribution in [0.3, 0.4) is 0 Å². The molecule has 2 aromatic carbocycles. The topological polar surface area (TPSA) is 134 Å². The van der Waals surface area contributed by atoms with Crippen LogP contribution in [0.15, 0.2) is 60.2 Å². The van der Waals surface area contributed by atoms with Crippen LogP contribution in [0.1, 0.15) is 68.8 Å². The van der Waals surface area contributed by atoms with Crippen molar-refractivity contribution in [2.75, 3.05) is 66.0 Å². The van der Waals surface area contributed by atoms with Crippen molar-refractivity contribution in [2.45, 2.75) is 87.5 Å². The number of anilines is 1. The number of hydrogen-bond acceptors (Lipinski definition) is 11. The molecule has 6 aliphatic rings. The maximum atomic E-state index is 15.3. The van der Waals surface area contributed by atoms with E-state index in [4.69, 9.17) is 18.9 Å². The molecule has 2 fully saturated rings. The molecule has 6 heterocycles. The minimum atomic E-state index is -2.28. The van der Waals surface area contributed by atoms with Crippen molar-refractivity contribution in [1.82, 2.24) is 14.8 Å². The Bertz CT molecular complexity index is 2270. The lowest BCUT2D eigenvalue weighted by Crippen LogP contribution is -2.81. The molecule has 0 radical (unpaired) electrons. The first-order valence-electron chi connectivity index (χ1n) is 20.8. The largest absolute Gasteiger partial charge is 0.496 e. The molecule has 5 aliphatic heterocycles. The SMILES string of the molecule is CCC1=C[C@H]2CN(CCc3c([nH]c4ccccc34)[C@@](C(=O)OC)(c3cc4c(cc3OC)N(C)[C@@H]3[C@@](O)(C(=O)OC)[C@@H](OC(C)=O)[C@@]5(CC)C=CCN6CC[C@]43[C@@H]65)C2)C1. The third kappa shape index (κ3) is 4.94. The molecule has 2 bridgehead atoms. The summed E-state index contributed by atoms with van der Waals surface area (Å²) in [4.78, 5) is 53.4. The highest BCUT2D eigenvalue weighted by Gasteiger charge is 2.80. The number of nitrogens with one attached hydrogen (secondary N) is 1. The molecule has 12 nitrogen and oxygen atoms in total. The number of carbonyl (C=O) groups is 3. The number of benzene rings is 2. The van der Waals surface area contributed by atoms with Gasteiger partial charge in [-0.3, -0.25) is 19.4 Å². The van der Waals surface area contributed by atoms with E-state index in [0.29, 0.717) is 43.7 Å². The third-order valence-corrected chi connectivity index (χ3v) is 15.1. The highest BCUT2D eigenvalue weighted by Crippen LogP contribution is 2.68. The molecule has 2 N–H and O–H groups in total. The Morgan fingerprint density at radius 2 is 1.78 bits per heavy atom. The van der Waals surface area contributed by atoms with Crippen molar-refractivity contribution in [3.05, 3.63) is 82.6 Å². The van der Waals surface area contributed by atoms with Crippen molar-refractivity contribution in [2.24, 2.45) is 11.3 Å². The lowest BCUT2D eigenvalue weighted by molar-refractivity contribution is -0.228. The minimum Gasteiger partial charge on any atom is -0.496 e. The molecule has 0 amide bonds. The summed E-state index contributed by atoms with van der Waals surface area (Å²) in [5.41, 5.74) is 1.10. The summed E-state index contributed by atoms with van der Waals surface area (Å²) >= 11 is 0. The van der Waals surface area contributed by atoms with E-state index in [-0.39, 0.29) is 17.9 Å². The standard InChI is InChI=1S/C46H56N4O8/c1-8-28-21-29-24-45(41(52)56-6,37-31(15-19-49(25-28)26-29)30-13-10-11-14-34(30)47-37)33-22-32-35(23-36(33)55-5)48(4)39-44(32)17-20-50-18-12-16-43(9-2,38(44)50)40(58-27(3)51)46(39,54)42(53)57-7/h10-14,16,21-23,29,38-40,47,54H,8-9,15,17-20,24-26H2,1-7H3/t29-,38+,39+,40+,43+,44-,45+,46+/m1/s1. The quantitative estimate of drug-likeness (QED) is 0.194. The Morgan fingerprint density at radius 3 is 2.48 bits per heavy atom. The summed E-state index contributed by atoms with van der Waals surface area (Å²) in [5, 5.41) is 14.4. The maximum Gasteiger partial charge on any atom is 0.344 e. The molecule has 1 saturated heterocycles. The summed E-state index contributed by atoms with van der Waals surface area (Å²) in [6.07, 6.45) is 8.43. The van der Waals surface area contributed by atoms with E-state index in [2.05, 4.69) is 58.1 Å². The van der Waals surface area contributed by atoms with Gasteiger partial charge in [0.1, 0.15) is 11.2 Å². The van der Waals surface area contributed by atoms with Crippen LogP contribution in [-0.4, -0.2) is 123 Å². The molecule has 9 atom stereocenters. The predicted octanol–water partition coefficient (Wildman–Crippen LogP) is 4.80. The number of hydrogen-bond donors (Lipinski definition) is 2. The smallest absolute Gasteiger partial charge is 0.344 e. The number of H-pyrrole nitrogens is 1. The fraction of sp³-hybridized carbons (Fsp3) is 0.543. The second-order valence-electron chi connectivity index (χ2n) is 17.5. The molecular formula is C46H56N4O8. The van der Waals surface area contributed by atoms with Gasteiger partial charge in [-0.1, -0.05) is 55.8 Å². The molecule has 1 unspecified atom stereocenters. The van der Waals surface area contributed by atoms with Crippen LogP contribution in [0.25, 0.3) is 10.9 Å². The second kappa shape index (κ2) is 13.7. The Morgan fingerprint density at radius 1 is 1.00 bits per heavy atom. The van der Waals surface area contributed by atoms with Crippen LogP contribution in [0.5, 0.6) is 5.75 Å². The Balaban J connectivity index is 1.37. The van der Waals surface area contributed by atoms with Crippen LogP contribution >= 0.6 is 0 Å². The number of aliphatic hydroxyl groups is 1. The number of ether oxygens (including phenoxy) is 4. The number of esters is 3. The molecule has 3 aromatic rings. The van der Waals surface area contributed by atoms with Gasteiger partial charge in [0, 0.05) is 90.9 Å². The maximum absolute atomic E-state index is 15.3. The van der Waals surface area contributed by atoms with E-state index in [1.165, 1.54) is 26.7 Å². The Labute approximate surface area is 340 Å². The highest BCUT2D eigenvalue weighted by atomic mass is 16.6. The molecule has 1 spiro atoms. The van der Waals surface area contributed by atoms with Crippen LogP contribution in [0.4, 0.5) is 5.69 Å². The molecule has 308 valence electrons. The first-order valence-corrected chi connectivity index (χ1v) is 20.8. The number of rotatable bonds is 7. The molecule has 9 rings (SSSR count). The molecule has 1 aliphatic carbocycles. The summed E-state index contributed by atoms with van der Waals surface area (Å²) in [7, 11) is 6.24. The van der Waals surface area contributed by atoms with Crippen LogP contribution in [-0.2, 0) is 45.8 Å². The van der Waals surface area contributed by atoms with Crippen molar-refractivity contribution in [1.29, 1.82) is 0 Å². The van der Waals surface area contributed by atoms with Gasteiger partial charge >= 0.3 is 17.9 Å². The lowest BCUT2D eigenvalue weighted by Gasteiger charge is -2.63. The number of para-hydroxylation sites is 1. The molecular weight excluding hydrogens is 737 g/mol. The number of fused-ring (bicyclic) bond motifs is 6. The normalized spacial score (nSPS) is 34.7. The highest BCUT2D eigenvalue weighted by molar-refractivity contribution is 5.95. The van der Waals surface area contributed by atoms with Crippen molar-refractivity contribution in [3.63, 3.8) is 0 Å². The van der Waals surface area contributed by atoms with Crippen molar-refractivity contribution in [3.8, 4) is 5.75 Å². The average molecular weight is 793 g/mol. The number of likely N-dealkylation sites (N-methyl/N-ethyl adjacent to an activating group) is 1. The molecule has 12 heteroatoms. The molecule has 58 heavy (non-hydrogen) atoms. The summed E-state index contributed by atoms with van der Waals surface area (Å²) in [6.45, 7) is 9.44. The second-order valence-corrected chi connectivity index (χ2v) is 17.5. The Hall–Kier alpha value is -4.65. The van der Waals surface area contributed by atoms with Gasteiger partial charge in [-0.15, -0.1) is 0 Å². The van der Waals surface area contributed by atoms with Gasteiger partial charge in [-0.25, -0.2) is 4.79 Å². The average Bonchev–Trinajstić information content (AvgIpc) is 3.89. The van der Waals surface area contributed by atoms with Gasteiger partial charge in [-0.05, 0) is 67.8 Å². The summed E-state index contributed by atoms with van der Waals surface area (Å²) in [5.74, 6) is -1.31. The van der Waals surface area contributed by atoms with E-state index in [9.17, 15) is 14.7 Å². The van der Waals surface area contributed by atoms with Gasteiger partial charge in [-0.2, -0.15) is 0 Å². The van der Waals surface area contributed by atoms with Gasteiger partial charge < -0.3 is 33.9 Å². The van der Waals surface area contributed by atoms with Gasteiger partial charge in [0.05, 0.1) is 27.4 Å². The summed E-state index contributed by atoms with van der Waals surface area (Å²) in [6, 6.07) is 11.2. The lowest BCUT2D eigenvalue weighted by atomic mass is 9.47. The minimum absolute atomic E-state index is 0.0217. The first kappa shape index (κ1) is 38.8. The van der Waals surface area contributed by atoms with E-state index >= 15 is 4.79 Å². The van der Waals surface area contributed by atoms with E-state index in [1.54, 1.807) is 7.11 Å². The van der Waals surface area contributed by atoms with E-state index < -0.39 is 45.9 Å².